The van der Waals surface area contributed by atoms with Gasteiger partial charge in [-0.1, -0.05) is 56.1 Å². The first-order chi connectivity index (χ1) is 14.1. The second-order valence-corrected chi connectivity index (χ2v) is 10.3. The van der Waals surface area contributed by atoms with Gasteiger partial charge < -0.3 is 9.80 Å². The van der Waals surface area contributed by atoms with E-state index in [0.29, 0.717) is 23.1 Å². The average Bonchev–Trinajstić information content (AvgIpc) is 3.14. The van der Waals surface area contributed by atoms with Crippen LogP contribution in [0.1, 0.15) is 42.8 Å². The first-order valence-electron chi connectivity index (χ1n) is 9.84. The highest BCUT2D eigenvalue weighted by atomic mass is 35.5. The third-order valence-electron chi connectivity index (χ3n) is 5.15. The third-order valence-corrected chi connectivity index (χ3v) is 6.71. The average molecular weight is 465 g/mol. The van der Waals surface area contributed by atoms with Crippen LogP contribution in [-0.4, -0.2) is 41.2 Å². The van der Waals surface area contributed by atoms with Crippen molar-refractivity contribution in [1.82, 2.24) is 9.80 Å². The molecule has 3 rings (SSSR count). The molecule has 2 aromatic rings. The van der Waals surface area contributed by atoms with Crippen molar-refractivity contribution >= 4 is 46.4 Å². The van der Waals surface area contributed by atoms with E-state index in [2.05, 4.69) is 12.6 Å². The van der Waals surface area contributed by atoms with Gasteiger partial charge in [-0.2, -0.15) is 0 Å². The molecule has 0 spiro atoms. The summed E-state index contributed by atoms with van der Waals surface area (Å²) in [5.41, 5.74) is 1.34. The molecule has 0 saturated carbocycles. The summed E-state index contributed by atoms with van der Waals surface area (Å²) in [5, 5.41) is 3.12. The maximum Gasteiger partial charge on any atom is 0.243 e. The lowest BCUT2D eigenvalue weighted by Gasteiger charge is -2.38. The predicted molar refractivity (Wildman–Crippen MR) is 124 cm³/mol. The Morgan fingerprint density at radius 2 is 2.00 bits per heavy atom. The molecule has 1 unspecified atom stereocenters. The van der Waals surface area contributed by atoms with E-state index in [0.717, 1.165) is 17.5 Å². The molecule has 0 fully saturated rings. The zero-order valence-electron chi connectivity index (χ0n) is 17.5. The highest BCUT2D eigenvalue weighted by molar-refractivity contribution is 7.10. The number of hydrogen-bond donors (Lipinski definition) is 0. The van der Waals surface area contributed by atoms with E-state index in [1.54, 1.807) is 34.4 Å². The molecular weight excluding hydrogens is 439 g/mol. The Hall–Kier alpha value is -1.82. The number of halogens is 2. The van der Waals surface area contributed by atoms with Gasteiger partial charge >= 0.3 is 0 Å². The number of thiophene rings is 1. The van der Waals surface area contributed by atoms with Crippen molar-refractivity contribution < 1.29 is 9.59 Å². The van der Waals surface area contributed by atoms with Gasteiger partial charge in [-0.15, -0.1) is 17.9 Å². The van der Waals surface area contributed by atoms with Crippen LogP contribution in [0.15, 0.2) is 42.3 Å². The largest absolute Gasteiger partial charge is 0.330 e. The number of carbonyl (C=O) groups is 2. The van der Waals surface area contributed by atoms with Gasteiger partial charge in [0.25, 0.3) is 0 Å². The molecule has 160 valence electrons. The summed E-state index contributed by atoms with van der Waals surface area (Å²) in [5.74, 6) is -0.188. The van der Waals surface area contributed by atoms with Crippen molar-refractivity contribution in [2.75, 3.05) is 19.6 Å². The first kappa shape index (κ1) is 22.9. The monoisotopic (exact) mass is 464 g/mol. The highest BCUT2D eigenvalue weighted by Gasteiger charge is 2.36. The minimum atomic E-state index is -0.579. The first-order valence-corrected chi connectivity index (χ1v) is 11.5. The fourth-order valence-electron chi connectivity index (χ4n) is 3.75. The number of fused-ring (bicyclic) bond motifs is 1. The van der Waals surface area contributed by atoms with E-state index in [-0.39, 0.29) is 24.4 Å². The number of hydrogen-bond acceptors (Lipinski definition) is 3. The number of nitrogens with zero attached hydrogens (tertiary/aromatic N) is 2. The Labute approximate surface area is 192 Å². The molecule has 2 amide bonds. The van der Waals surface area contributed by atoms with E-state index in [9.17, 15) is 9.59 Å². The molecule has 0 radical (unpaired) electrons. The number of carbonyl (C=O) groups excluding carboxylic acids is 2. The second kappa shape index (κ2) is 9.13. The number of rotatable bonds is 5. The zero-order chi connectivity index (χ0) is 22.1. The molecule has 0 bridgehead atoms. The number of benzene rings is 1. The smallest absolute Gasteiger partial charge is 0.243 e. The minimum absolute atomic E-state index is 0.00328. The van der Waals surface area contributed by atoms with Crippen LogP contribution in [0.4, 0.5) is 0 Å². The van der Waals surface area contributed by atoms with Gasteiger partial charge in [-0.05, 0) is 41.1 Å². The van der Waals surface area contributed by atoms with Crippen molar-refractivity contribution in [2.24, 2.45) is 5.41 Å². The van der Waals surface area contributed by atoms with Crippen LogP contribution in [0, 0.1) is 5.41 Å². The fraction of sp³-hybridized carbons (Fsp3) is 0.391. The molecule has 1 aliphatic heterocycles. The van der Waals surface area contributed by atoms with Gasteiger partial charge in [0.2, 0.25) is 11.8 Å². The van der Waals surface area contributed by atoms with Crippen LogP contribution in [0.2, 0.25) is 10.0 Å². The SMILES string of the molecule is C=CCN(CC(=O)N1CCc2sccc2C1c1ccc(Cl)cc1Cl)C(=O)C(C)(C)C. The molecule has 1 atom stereocenters. The normalized spacial score (nSPS) is 16.2. The maximum absolute atomic E-state index is 13.4. The van der Waals surface area contributed by atoms with Crippen LogP contribution in [0.3, 0.4) is 0 Å². The molecular formula is C23H26Cl2N2O2S. The van der Waals surface area contributed by atoms with Crippen molar-refractivity contribution in [1.29, 1.82) is 0 Å². The molecule has 2 heterocycles. The quantitative estimate of drug-likeness (QED) is 0.541. The van der Waals surface area contributed by atoms with Gasteiger partial charge in [0.1, 0.15) is 6.54 Å². The van der Waals surface area contributed by atoms with Crippen LogP contribution in [0.5, 0.6) is 0 Å². The van der Waals surface area contributed by atoms with Crippen LogP contribution in [0.25, 0.3) is 0 Å². The summed E-state index contributed by atoms with van der Waals surface area (Å²) in [7, 11) is 0. The zero-order valence-corrected chi connectivity index (χ0v) is 19.8. The molecule has 0 saturated heterocycles. The Balaban J connectivity index is 1.95. The maximum atomic E-state index is 13.4. The Kier molecular flexibility index (Phi) is 6.95. The van der Waals surface area contributed by atoms with E-state index >= 15 is 0 Å². The van der Waals surface area contributed by atoms with E-state index < -0.39 is 5.41 Å². The van der Waals surface area contributed by atoms with E-state index in [1.807, 2.05) is 37.1 Å². The standard InChI is InChI=1S/C23H26Cl2N2O2S/c1-5-10-26(22(29)23(2,3)4)14-20(28)27-11-8-19-17(9-12-30-19)21(27)16-7-6-15(24)13-18(16)25/h5-7,9,12-13,21H,1,8,10-11,14H2,2-4H3. The fourth-order valence-corrected chi connectivity index (χ4v) is 5.16. The summed E-state index contributed by atoms with van der Waals surface area (Å²) in [4.78, 5) is 30.9. The summed E-state index contributed by atoms with van der Waals surface area (Å²) in [6, 6.07) is 7.13. The van der Waals surface area contributed by atoms with E-state index in [4.69, 9.17) is 23.2 Å². The predicted octanol–water partition coefficient (Wildman–Crippen LogP) is 5.59. The molecule has 1 aromatic carbocycles. The molecule has 30 heavy (non-hydrogen) atoms. The summed E-state index contributed by atoms with van der Waals surface area (Å²) in [6.07, 6.45) is 2.44. The summed E-state index contributed by atoms with van der Waals surface area (Å²) < 4.78 is 0. The lowest BCUT2D eigenvalue weighted by molar-refractivity contribution is -0.145. The Morgan fingerprint density at radius 1 is 1.27 bits per heavy atom. The van der Waals surface area contributed by atoms with Gasteiger partial charge in [-0.25, -0.2) is 0 Å². The Morgan fingerprint density at radius 3 is 2.63 bits per heavy atom. The van der Waals surface area contributed by atoms with Gasteiger partial charge in [0.15, 0.2) is 0 Å². The molecule has 1 aromatic heterocycles. The van der Waals surface area contributed by atoms with E-state index in [1.165, 1.54) is 4.88 Å². The molecule has 0 N–H and O–H groups in total. The third kappa shape index (κ3) is 4.74. The molecule has 0 aliphatic carbocycles. The van der Waals surface area contributed by atoms with Crippen molar-refractivity contribution in [3.63, 3.8) is 0 Å². The second-order valence-electron chi connectivity index (χ2n) is 8.43. The number of amides is 2. The van der Waals surface area contributed by atoms with Crippen molar-refractivity contribution in [3.05, 3.63) is 68.3 Å². The highest BCUT2D eigenvalue weighted by Crippen LogP contribution is 2.41. The lowest BCUT2D eigenvalue weighted by Crippen LogP contribution is -2.49. The minimum Gasteiger partial charge on any atom is -0.330 e. The molecule has 1 aliphatic rings. The topological polar surface area (TPSA) is 40.6 Å². The van der Waals surface area contributed by atoms with Gasteiger partial charge in [-0.3, -0.25) is 9.59 Å². The van der Waals surface area contributed by atoms with Gasteiger partial charge in [0, 0.05) is 33.4 Å². The van der Waals surface area contributed by atoms with Crippen molar-refractivity contribution in [3.8, 4) is 0 Å². The molecule has 7 heteroatoms. The summed E-state index contributed by atoms with van der Waals surface area (Å²) >= 11 is 14.3. The van der Waals surface area contributed by atoms with Crippen LogP contribution in [-0.2, 0) is 16.0 Å². The Bertz CT molecular complexity index is 964. The van der Waals surface area contributed by atoms with Gasteiger partial charge in [0.05, 0.1) is 6.04 Å². The molecule has 4 nitrogen and oxygen atoms in total. The summed E-state index contributed by atoms with van der Waals surface area (Å²) in [6.45, 7) is 10.2. The van der Waals surface area contributed by atoms with Crippen molar-refractivity contribution in [2.45, 2.75) is 33.2 Å². The van der Waals surface area contributed by atoms with Crippen LogP contribution < -0.4 is 0 Å². The van der Waals surface area contributed by atoms with Crippen LogP contribution >= 0.6 is 34.5 Å². The lowest BCUT2D eigenvalue weighted by atomic mass is 9.92.